The lowest BCUT2D eigenvalue weighted by molar-refractivity contribution is 0.00578. The van der Waals surface area contributed by atoms with E-state index in [9.17, 15) is 9.90 Å². The zero-order valence-corrected chi connectivity index (χ0v) is 94.3. The summed E-state index contributed by atoms with van der Waals surface area (Å²) in [6, 6.07) is 51.9. The molecule has 0 aliphatic carbocycles. The molecule has 722 valence electrons. The van der Waals surface area contributed by atoms with Gasteiger partial charge in [0.2, 0.25) is 0 Å². The van der Waals surface area contributed by atoms with E-state index in [4.69, 9.17) is 100 Å². The lowest BCUT2D eigenvalue weighted by Gasteiger charge is -2.32. The Balaban J connectivity index is 0.000000135. The minimum atomic E-state index is -0.963. The summed E-state index contributed by atoms with van der Waals surface area (Å²) in [7, 11) is 27.8. The third-order valence-corrected chi connectivity index (χ3v) is 31.8. The number of pyridine rings is 2. The molecule has 4 atom stereocenters. The number of fused-ring (bicyclic) bond motifs is 7. The third kappa shape index (κ3) is 24.0. The molecule has 3 saturated heterocycles. The van der Waals surface area contributed by atoms with Crippen LogP contribution in [-0.2, 0) is 54.2 Å². The summed E-state index contributed by atoms with van der Waals surface area (Å²) in [5, 5.41) is 40.8. The number of carbonyl (C=O) groups is 1. The normalized spacial score (nSPS) is 16.2. The molecule has 17 aromatic rings. The number of benzene rings is 8. The Kier molecular flexibility index (Phi) is 34.6. The maximum Gasteiger partial charge on any atom is 0.494 e. The molecule has 3 aliphatic rings. The van der Waals surface area contributed by atoms with Gasteiger partial charge in [-0.15, -0.1) is 0 Å². The fraction of sp³-hybridized carbons (Fsp3) is 0.320. The van der Waals surface area contributed by atoms with Crippen molar-refractivity contribution in [3.8, 4) is 45.7 Å². The van der Waals surface area contributed by atoms with E-state index in [0.29, 0.717) is 28.5 Å². The van der Waals surface area contributed by atoms with Crippen LogP contribution in [0.1, 0.15) is 121 Å². The highest BCUT2D eigenvalue weighted by Gasteiger charge is 2.64. The van der Waals surface area contributed by atoms with Crippen LogP contribution in [0.15, 0.2) is 187 Å². The first kappa shape index (κ1) is 109. The molecule has 9 N–H and O–H groups in total. The Morgan fingerprint density at radius 3 is 1.18 bits per heavy atom. The number of nitrogens with zero attached hydrogens (tertiary/aromatic N) is 15. The third-order valence-electron chi connectivity index (χ3n) is 25.3. The summed E-state index contributed by atoms with van der Waals surface area (Å²) in [5.74, 6) is 2.20. The van der Waals surface area contributed by atoms with Gasteiger partial charge in [-0.05, 0) is 385 Å². The number of nitrogen functional groups attached to an aromatic ring is 2. The fourth-order valence-corrected chi connectivity index (χ4v) is 20.6. The van der Waals surface area contributed by atoms with Crippen molar-refractivity contribution in [3.63, 3.8) is 0 Å². The van der Waals surface area contributed by atoms with Gasteiger partial charge in [0.25, 0.3) is 0 Å². The molecule has 8 radical (unpaired) electrons. The zero-order valence-electron chi connectivity index (χ0n) is 82.7. The molecule has 8 aromatic carbocycles. The van der Waals surface area contributed by atoms with Gasteiger partial charge in [0.15, 0.2) is 23.8 Å². The Morgan fingerprint density at radius 2 is 0.801 bits per heavy atom. The van der Waals surface area contributed by atoms with Gasteiger partial charge in [0.1, 0.15) is 53.0 Å². The highest BCUT2D eigenvalue weighted by molar-refractivity contribution is 14.1. The number of para-hydroxylation sites is 4. The number of aliphatic hydroxyl groups is 2. The predicted molar refractivity (Wildman–Crippen MR) is 613 cm³/mol. The smallest absolute Gasteiger partial charge is 0.405 e. The maximum atomic E-state index is 10.9. The molecule has 20 rings (SSSR count). The first-order chi connectivity index (χ1) is 66.5. The second kappa shape index (κ2) is 44.8. The van der Waals surface area contributed by atoms with Crippen LogP contribution in [0.3, 0.4) is 0 Å². The number of nitrogens with one attached hydrogen (secondary N) is 3. The van der Waals surface area contributed by atoms with E-state index in [1.54, 1.807) is 41.2 Å². The van der Waals surface area contributed by atoms with E-state index >= 15 is 0 Å². The first-order valence-corrected chi connectivity index (χ1v) is 56.4. The summed E-state index contributed by atoms with van der Waals surface area (Å²) >= 11 is 10.3. The summed E-state index contributed by atoms with van der Waals surface area (Å²) < 4.78 is 48.3. The molecule has 3 fully saturated rings. The number of nitrogens with two attached hydrogens (primary N) is 2. The van der Waals surface area contributed by atoms with Crippen LogP contribution < -0.4 is 16.9 Å². The zero-order chi connectivity index (χ0) is 102. The highest BCUT2D eigenvalue weighted by atomic mass is 127. The minimum absolute atomic E-state index is 0.0439. The van der Waals surface area contributed by atoms with Gasteiger partial charge < -0.3 is 74.4 Å². The number of aliphatic hydroxyl groups excluding tert-OH is 2. The fourth-order valence-electron chi connectivity index (χ4n) is 15.8. The molecule has 0 amide bonds. The quantitative estimate of drug-likeness (QED) is 0.0146. The van der Waals surface area contributed by atoms with Crippen LogP contribution in [0.5, 0.6) is 0 Å². The number of hydrogen-bond acceptors (Lipinski definition) is 22. The second-order valence-electron chi connectivity index (χ2n) is 37.9. The van der Waals surface area contributed by atoms with Crippen LogP contribution >= 0.6 is 116 Å². The molecular weight excluding hydrogens is 2250 g/mol. The Bertz CT molecular complexity index is 7310. The molecule has 4 unspecified atom stereocenters. The number of rotatable bonds is 17. The van der Waals surface area contributed by atoms with Crippen molar-refractivity contribution in [3.05, 3.63) is 231 Å². The maximum absolute atomic E-state index is 10.9. The molecule has 12 heterocycles. The number of aromatic amines is 3. The number of aldehydes is 1. The lowest BCUT2D eigenvalue weighted by atomic mass is 9.49. The average Bonchev–Trinajstić information content (AvgIpc) is 1.59. The molecule has 141 heavy (non-hydrogen) atoms. The standard InChI is InChI=1S/C24H30B2N5O2P.C18H18BIN5P.C16H13BIN4OP.C12H24B2O4.C11H9BrN2.C9H7BIN2OP.C7H10N2O/c1-23(2)24(3,4)33-26(32-23)16-11-12-19-17(13-16)21(29-31(19)34(7)25)22-27-18-10-8-9-15(14-30(5)6)20(18)28-22;1-24(2)10-11-5-4-6-14-16(11)22-18(21-14)17-13-9-12(20)7-8-15(13)25(23-17)26(3)19;1-24(17)22-13-6-5-10(18)7-11(13)15(21-22)16-19-12-4-2-3-9(8-23)14(12)20-16;1-9(2)10(3,4)16-13(15-9)14-17-11(5,6)12(7,8)18-14;1-8-10(6-14-7-11(8)12)9-2-4-13-5-3-9;1-15(10)13-9-3-2-6(11)4-7(9)8(5-14)12-13;8-6-3-1-2-5(4-10)7(6)9/h8-13H,14H2,1-7H3,(H,27,28);4-9H,10H2,1-3H3,(H,21,22);2-7,23H,8H2,1H3,(H,19,20);1-8H3;2-7H,1H3;2-5H,1H3;1-3,10H,4,8-9H2. The number of carbonyl (C=O) groups excluding carboxylic acids is 1. The van der Waals surface area contributed by atoms with Gasteiger partial charge in [-0.25, -0.2) is 15.0 Å². The van der Waals surface area contributed by atoms with Gasteiger partial charge in [0.05, 0.1) is 113 Å². The monoisotopic (exact) mass is 2360 g/mol. The van der Waals surface area contributed by atoms with Gasteiger partial charge in [-0.2, -0.15) is 20.4 Å². The van der Waals surface area contributed by atoms with Gasteiger partial charge in [-0.3, -0.25) is 32.6 Å². The number of imidazole rings is 3. The summed E-state index contributed by atoms with van der Waals surface area (Å²) in [4.78, 5) is 48.1. The summed E-state index contributed by atoms with van der Waals surface area (Å²) in [6.45, 7) is 35.9. The number of aromatic nitrogens is 16. The van der Waals surface area contributed by atoms with E-state index in [2.05, 4.69) is 264 Å². The van der Waals surface area contributed by atoms with Gasteiger partial charge in [-0.1, -0.05) is 60.7 Å². The molecule has 3 aliphatic heterocycles. The highest BCUT2D eigenvalue weighted by Crippen LogP contribution is 2.46. The molecule has 0 saturated carbocycles. The lowest BCUT2D eigenvalue weighted by Crippen LogP contribution is -2.41. The number of anilines is 2. The number of hydrogen-bond donors (Lipinski definition) is 7. The van der Waals surface area contributed by atoms with Crippen molar-refractivity contribution >= 4 is 267 Å². The van der Waals surface area contributed by atoms with E-state index in [-0.39, 0.29) is 35.6 Å². The summed E-state index contributed by atoms with van der Waals surface area (Å²) in [5.41, 5.74) is 30.5. The van der Waals surface area contributed by atoms with E-state index in [1.807, 2.05) is 168 Å². The van der Waals surface area contributed by atoms with Crippen molar-refractivity contribution in [2.24, 2.45) is 0 Å². The molecular formula is C97H111B7BrI3N20O9P4. The van der Waals surface area contributed by atoms with E-state index in [1.165, 1.54) is 16.7 Å². The number of H-pyrrole nitrogens is 3. The van der Waals surface area contributed by atoms with E-state index in [0.717, 1.165) is 162 Å². The van der Waals surface area contributed by atoms with Crippen molar-refractivity contribution in [1.82, 2.24) is 87.9 Å². The van der Waals surface area contributed by atoms with Crippen LogP contribution in [-0.4, -0.2) is 244 Å². The topological polar surface area (TPSA) is 355 Å². The Labute approximate surface area is 882 Å². The van der Waals surface area contributed by atoms with Crippen molar-refractivity contribution in [2.45, 2.75) is 150 Å². The van der Waals surface area contributed by atoms with Crippen LogP contribution in [0.4, 0.5) is 11.4 Å². The molecule has 0 spiro atoms. The van der Waals surface area contributed by atoms with Crippen molar-refractivity contribution < 1.29 is 42.9 Å². The molecule has 29 nitrogen and oxygen atoms in total. The van der Waals surface area contributed by atoms with Crippen molar-refractivity contribution in [2.75, 3.05) is 66.3 Å². The van der Waals surface area contributed by atoms with Gasteiger partial charge >= 0.3 is 21.1 Å². The SMILES string of the molecule is CC1(C)OB(B2OC(C)(C)C(C)(C)O2)OC1(C)C.Cc1c(Br)cncc1-c1ccncc1.Nc1cccc(CO)c1N.[B]P(C)n1nc(-c2nc3c(CN(C)C)cccc3[nH]2)c2cc(B3OC(C)(C)C(C)(C)O3)ccc21.[B]P(C)n1nc(-c2nc3c(CN(C)C)cccc3[nH]2)c2cc(I)ccc21.[B]P(C)n1nc(-c2nc3c(CO)cccc3[nH]2)c2cc(I)ccc21.[B]P(C)n1nc(C=O)c2cc(I)ccc21. The van der Waals surface area contributed by atoms with Gasteiger partial charge in [0, 0.05) is 91.3 Å². The number of halogens is 4. The van der Waals surface area contributed by atoms with Crippen LogP contribution in [0, 0.1) is 17.6 Å². The van der Waals surface area contributed by atoms with Crippen molar-refractivity contribution in [1.29, 1.82) is 0 Å². The Hall–Kier alpha value is -7.94. The minimum Gasteiger partial charge on any atom is -0.405 e. The summed E-state index contributed by atoms with van der Waals surface area (Å²) in [6.07, 6.45) is 8.02. The first-order valence-electron chi connectivity index (χ1n) is 45.2. The predicted octanol–water partition coefficient (Wildman–Crippen LogP) is 20.0. The largest absolute Gasteiger partial charge is 0.494 e. The Morgan fingerprint density at radius 1 is 0.454 bits per heavy atom. The molecule has 44 heteroatoms. The average molecular weight is 2360 g/mol. The van der Waals surface area contributed by atoms with E-state index < -0.39 is 64.1 Å². The van der Waals surface area contributed by atoms with Crippen LogP contribution in [0.25, 0.3) is 122 Å². The molecule has 9 aromatic heterocycles. The molecule has 0 bridgehead atoms. The second-order valence-corrected chi connectivity index (χ2v) is 48.6. The van der Waals surface area contributed by atoms with Crippen LogP contribution in [0.2, 0.25) is 0 Å².